The number of carbonyl (C=O) groups is 2. The van der Waals surface area contributed by atoms with Gasteiger partial charge in [-0.2, -0.15) is 0 Å². The van der Waals surface area contributed by atoms with Gasteiger partial charge in [-0.3, -0.25) is 10.1 Å². The SMILES string of the molecule is C=C(C)C(=O)OC(O)(CCCCC)NC(C)=O. The van der Waals surface area contributed by atoms with Crippen molar-refractivity contribution in [2.75, 3.05) is 0 Å². The molecule has 0 spiro atoms. The van der Waals surface area contributed by atoms with E-state index in [0.717, 1.165) is 12.8 Å². The van der Waals surface area contributed by atoms with Gasteiger partial charge in [0.2, 0.25) is 5.91 Å². The fourth-order valence-corrected chi connectivity index (χ4v) is 1.27. The lowest BCUT2D eigenvalue weighted by atomic mass is 10.1. The summed E-state index contributed by atoms with van der Waals surface area (Å²) in [5.41, 5.74) is 0.171. The second kappa shape index (κ2) is 7.06. The average Bonchev–Trinajstić information content (AvgIpc) is 2.16. The Hall–Kier alpha value is -1.36. The Morgan fingerprint density at radius 1 is 1.35 bits per heavy atom. The summed E-state index contributed by atoms with van der Waals surface area (Å²) >= 11 is 0. The van der Waals surface area contributed by atoms with Crippen molar-refractivity contribution in [3.63, 3.8) is 0 Å². The van der Waals surface area contributed by atoms with Gasteiger partial charge in [0, 0.05) is 18.9 Å². The van der Waals surface area contributed by atoms with Gasteiger partial charge in [-0.25, -0.2) is 4.79 Å². The highest BCUT2D eigenvalue weighted by atomic mass is 16.7. The molecular weight excluding hydrogens is 222 g/mol. The normalized spacial score (nSPS) is 13.6. The lowest BCUT2D eigenvalue weighted by molar-refractivity contribution is -0.221. The van der Waals surface area contributed by atoms with Crippen LogP contribution in [0.4, 0.5) is 0 Å². The van der Waals surface area contributed by atoms with E-state index in [1.165, 1.54) is 13.8 Å². The van der Waals surface area contributed by atoms with Crippen LogP contribution in [0.5, 0.6) is 0 Å². The van der Waals surface area contributed by atoms with E-state index in [-0.39, 0.29) is 12.0 Å². The zero-order chi connectivity index (χ0) is 13.5. The molecule has 98 valence electrons. The Morgan fingerprint density at radius 3 is 2.35 bits per heavy atom. The molecule has 0 aromatic rings. The molecule has 0 saturated carbocycles. The van der Waals surface area contributed by atoms with Crippen molar-refractivity contribution in [1.29, 1.82) is 0 Å². The van der Waals surface area contributed by atoms with Crippen LogP contribution in [0.1, 0.15) is 46.5 Å². The van der Waals surface area contributed by atoms with Crippen LogP contribution in [0.15, 0.2) is 12.2 Å². The van der Waals surface area contributed by atoms with Crippen LogP contribution in [-0.4, -0.2) is 22.9 Å². The van der Waals surface area contributed by atoms with Gasteiger partial charge in [-0.15, -0.1) is 0 Å². The van der Waals surface area contributed by atoms with Crippen LogP contribution in [0.3, 0.4) is 0 Å². The standard InChI is InChI=1S/C12H21NO4/c1-5-6-7-8-12(16,13-10(4)14)17-11(15)9(2)3/h16H,2,5-8H2,1,3-4H3,(H,13,14). The van der Waals surface area contributed by atoms with Crippen LogP contribution >= 0.6 is 0 Å². The summed E-state index contributed by atoms with van der Waals surface area (Å²) in [6.07, 6.45) is 2.66. The second-order valence-electron chi connectivity index (χ2n) is 4.09. The molecule has 0 radical (unpaired) electrons. The third-order valence-corrected chi connectivity index (χ3v) is 2.10. The van der Waals surface area contributed by atoms with Crippen LogP contribution in [-0.2, 0) is 14.3 Å². The third kappa shape index (κ3) is 6.73. The smallest absolute Gasteiger partial charge is 0.336 e. The molecule has 2 N–H and O–H groups in total. The Morgan fingerprint density at radius 2 is 1.94 bits per heavy atom. The first-order chi connectivity index (χ1) is 7.80. The summed E-state index contributed by atoms with van der Waals surface area (Å²) in [5.74, 6) is -3.12. The number of hydrogen-bond acceptors (Lipinski definition) is 4. The highest BCUT2D eigenvalue weighted by Gasteiger charge is 2.32. The molecule has 0 fully saturated rings. The van der Waals surface area contributed by atoms with Gasteiger partial charge in [0.15, 0.2) is 0 Å². The molecule has 17 heavy (non-hydrogen) atoms. The molecule has 0 rings (SSSR count). The summed E-state index contributed by atoms with van der Waals surface area (Å²) in [6.45, 7) is 8.15. The quantitative estimate of drug-likeness (QED) is 0.307. The first kappa shape index (κ1) is 15.6. The number of aliphatic hydroxyl groups is 1. The Kier molecular flexibility index (Phi) is 6.50. The molecule has 5 heteroatoms. The number of rotatable bonds is 7. The summed E-state index contributed by atoms with van der Waals surface area (Å²) in [4.78, 5) is 22.3. The van der Waals surface area contributed by atoms with Gasteiger partial charge in [0.1, 0.15) is 0 Å². The Balaban J connectivity index is 4.53. The fraction of sp³-hybridized carbons (Fsp3) is 0.667. The molecule has 1 amide bonds. The van der Waals surface area contributed by atoms with Crippen LogP contribution in [0.2, 0.25) is 0 Å². The number of amides is 1. The monoisotopic (exact) mass is 243 g/mol. The van der Waals surface area contributed by atoms with Gasteiger partial charge in [0.25, 0.3) is 5.91 Å². The number of ether oxygens (including phenoxy) is 1. The maximum Gasteiger partial charge on any atom is 0.336 e. The van der Waals surface area contributed by atoms with Crippen molar-refractivity contribution in [2.24, 2.45) is 0 Å². The van der Waals surface area contributed by atoms with Crippen LogP contribution in [0.25, 0.3) is 0 Å². The van der Waals surface area contributed by atoms with E-state index in [1.807, 2.05) is 6.92 Å². The molecule has 0 aliphatic carbocycles. The minimum Gasteiger partial charge on any atom is -0.410 e. The van der Waals surface area contributed by atoms with E-state index < -0.39 is 17.8 Å². The molecular formula is C12H21NO4. The topological polar surface area (TPSA) is 75.6 Å². The first-order valence-electron chi connectivity index (χ1n) is 5.70. The number of nitrogens with one attached hydrogen (secondary N) is 1. The van der Waals surface area contributed by atoms with E-state index in [4.69, 9.17) is 4.74 Å². The summed E-state index contributed by atoms with van der Waals surface area (Å²) in [6, 6.07) is 0. The highest BCUT2D eigenvalue weighted by Crippen LogP contribution is 2.15. The molecule has 0 aromatic carbocycles. The third-order valence-electron chi connectivity index (χ3n) is 2.10. The largest absolute Gasteiger partial charge is 0.410 e. The molecule has 0 aliphatic rings. The number of carbonyl (C=O) groups excluding carboxylic acids is 2. The van der Waals surface area contributed by atoms with Crippen molar-refractivity contribution in [3.8, 4) is 0 Å². The van der Waals surface area contributed by atoms with E-state index in [9.17, 15) is 14.7 Å². The number of esters is 1. The van der Waals surface area contributed by atoms with Crippen LogP contribution in [0, 0.1) is 0 Å². The number of hydrogen-bond donors (Lipinski definition) is 2. The van der Waals surface area contributed by atoms with Gasteiger partial charge in [-0.05, 0) is 13.3 Å². The first-order valence-corrected chi connectivity index (χ1v) is 5.70. The molecule has 0 aromatic heterocycles. The van der Waals surface area contributed by atoms with Crippen LogP contribution < -0.4 is 5.32 Å². The molecule has 1 unspecified atom stereocenters. The number of unbranched alkanes of at least 4 members (excludes halogenated alkanes) is 2. The molecule has 5 nitrogen and oxygen atoms in total. The maximum absolute atomic E-state index is 11.3. The summed E-state index contributed by atoms with van der Waals surface area (Å²) in [5, 5.41) is 12.2. The highest BCUT2D eigenvalue weighted by molar-refractivity contribution is 5.87. The second-order valence-corrected chi connectivity index (χ2v) is 4.09. The van der Waals surface area contributed by atoms with E-state index in [0.29, 0.717) is 6.42 Å². The van der Waals surface area contributed by atoms with E-state index >= 15 is 0 Å². The molecule has 1 atom stereocenters. The minimum atomic E-state index is -1.93. The molecule has 0 heterocycles. The minimum absolute atomic E-state index is 0.166. The fourth-order valence-electron chi connectivity index (χ4n) is 1.27. The van der Waals surface area contributed by atoms with Crippen molar-refractivity contribution in [1.82, 2.24) is 5.32 Å². The zero-order valence-corrected chi connectivity index (χ0v) is 10.7. The van der Waals surface area contributed by atoms with E-state index in [2.05, 4.69) is 11.9 Å². The average molecular weight is 243 g/mol. The van der Waals surface area contributed by atoms with Crippen molar-refractivity contribution in [2.45, 2.75) is 52.4 Å². The van der Waals surface area contributed by atoms with Gasteiger partial charge < -0.3 is 9.84 Å². The molecule has 0 saturated heterocycles. The zero-order valence-electron chi connectivity index (χ0n) is 10.7. The Labute approximate surface area is 102 Å². The Bertz CT molecular complexity index is 301. The van der Waals surface area contributed by atoms with E-state index in [1.54, 1.807) is 0 Å². The lowest BCUT2D eigenvalue weighted by Gasteiger charge is -2.28. The van der Waals surface area contributed by atoms with Gasteiger partial charge in [0.05, 0.1) is 0 Å². The summed E-state index contributed by atoms with van der Waals surface area (Å²) in [7, 11) is 0. The van der Waals surface area contributed by atoms with Gasteiger partial charge >= 0.3 is 5.97 Å². The predicted octanol–water partition coefficient (Wildman–Crippen LogP) is 1.47. The van der Waals surface area contributed by atoms with Crippen molar-refractivity contribution >= 4 is 11.9 Å². The van der Waals surface area contributed by atoms with Crippen molar-refractivity contribution in [3.05, 3.63) is 12.2 Å². The van der Waals surface area contributed by atoms with Gasteiger partial charge in [-0.1, -0.05) is 26.3 Å². The lowest BCUT2D eigenvalue weighted by Crippen LogP contribution is -2.51. The summed E-state index contributed by atoms with van der Waals surface area (Å²) < 4.78 is 4.84. The predicted molar refractivity (Wildman–Crippen MR) is 63.8 cm³/mol. The van der Waals surface area contributed by atoms with Crippen molar-refractivity contribution < 1.29 is 19.4 Å². The molecule has 0 bridgehead atoms. The maximum atomic E-state index is 11.3. The molecule has 0 aliphatic heterocycles.